The van der Waals surface area contributed by atoms with Gasteiger partial charge in [-0.1, -0.05) is 47.3 Å². The molecule has 0 aromatic heterocycles. The van der Waals surface area contributed by atoms with Crippen LogP contribution in [0.4, 0.5) is 0 Å². The number of carbonyl (C=O) groups excluding carboxylic acids is 1. The van der Waals surface area contributed by atoms with E-state index in [2.05, 4.69) is 21.9 Å². The fourth-order valence-electron chi connectivity index (χ4n) is 1.90. The Bertz CT molecular complexity index is 818. The van der Waals surface area contributed by atoms with Crippen LogP contribution < -0.4 is 4.74 Å². The molecule has 0 radical (unpaired) electrons. The largest absolute Gasteiger partial charge is 0.486 e. The van der Waals surface area contributed by atoms with Crippen molar-refractivity contribution in [2.45, 2.75) is 6.61 Å². The average Bonchev–Trinajstić information content (AvgIpc) is 2.59. The molecule has 0 N–H and O–H groups in total. The summed E-state index contributed by atoms with van der Waals surface area (Å²) in [6.45, 7) is 0.216. The first kappa shape index (κ1) is 19.4. The number of hydrogen-bond donors (Lipinski definition) is 0. The third kappa shape index (κ3) is 5.82. The van der Waals surface area contributed by atoms with Gasteiger partial charge in [-0.3, -0.25) is 0 Å². The van der Waals surface area contributed by atoms with E-state index in [4.69, 9.17) is 39.1 Å². The number of benzene rings is 2. The summed E-state index contributed by atoms with van der Waals surface area (Å²) in [6.07, 6.45) is 7.88. The third-order valence-electron chi connectivity index (χ3n) is 3.06. The van der Waals surface area contributed by atoms with Crippen molar-refractivity contribution in [2.24, 2.45) is 0 Å². The molecule has 2 rings (SSSR count). The predicted molar refractivity (Wildman–Crippen MR) is 104 cm³/mol. The van der Waals surface area contributed by atoms with E-state index in [0.29, 0.717) is 25.8 Å². The van der Waals surface area contributed by atoms with Crippen molar-refractivity contribution in [1.29, 1.82) is 0 Å². The summed E-state index contributed by atoms with van der Waals surface area (Å²) in [5.74, 6) is 2.19. The number of hydrogen-bond acceptors (Lipinski definition) is 3. The summed E-state index contributed by atoms with van der Waals surface area (Å²) in [4.78, 5) is 11.4. The standard InChI is InChI=1S/C19H13BrCl2O3/c1-2-9-24-18(23)8-7-13-10-15(20)19(17(22)11-13)25-12-14-5-3-4-6-16(14)21/h1,3-8,10-11H,9,12H2/b8-7+. The van der Waals surface area contributed by atoms with Crippen LogP contribution in [0, 0.1) is 12.3 Å². The van der Waals surface area contributed by atoms with E-state index >= 15 is 0 Å². The van der Waals surface area contributed by atoms with E-state index in [1.807, 2.05) is 18.2 Å². The van der Waals surface area contributed by atoms with Gasteiger partial charge in [-0.25, -0.2) is 4.79 Å². The second kappa shape index (κ2) is 9.53. The molecule has 0 saturated carbocycles. The molecule has 3 nitrogen and oxygen atoms in total. The molecule has 0 unspecified atom stereocenters. The van der Waals surface area contributed by atoms with E-state index in [1.165, 1.54) is 6.08 Å². The van der Waals surface area contributed by atoms with Gasteiger partial charge in [0.05, 0.1) is 9.50 Å². The van der Waals surface area contributed by atoms with Crippen LogP contribution in [0.2, 0.25) is 10.0 Å². The van der Waals surface area contributed by atoms with E-state index < -0.39 is 5.97 Å². The minimum absolute atomic E-state index is 0.0670. The molecule has 0 fully saturated rings. The second-order valence-corrected chi connectivity index (χ2v) is 6.51. The highest BCUT2D eigenvalue weighted by Crippen LogP contribution is 2.35. The van der Waals surface area contributed by atoms with Crippen molar-refractivity contribution in [3.05, 3.63) is 68.1 Å². The maximum absolute atomic E-state index is 11.4. The highest BCUT2D eigenvalue weighted by molar-refractivity contribution is 9.10. The zero-order valence-corrected chi connectivity index (χ0v) is 16.1. The quantitative estimate of drug-likeness (QED) is 0.337. The molecule has 25 heavy (non-hydrogen) atoms. The lowest BCUT2D eigenvalue weighted by atomic mass is 10.2. The van der Waals surface area contributed by atoms with Gasteiger partial charge in [-0.05, 0) is 45.8 Å². The van der Waals surface area contributed by atoms with Gasteiger partial charge in [0.15, 0.2) is 12.4 Å². The number of terminal acetylenes is 1. The van der Waals surface area contributed by atoms with Crippen LogP contribution in [-0.2, 0) is 16.1 Å². The van der Waals surface area contributed by atoms with Crippen LogP contribution in [0.15, 0.2) is 46.9 Å². The zero-order valence-electron chi connectivity index (χ0n) is 13.0. The Morgan fingerprint density at radius 2 is 2.00 bits per heavy atom. The van der Waals surface area contributed by atoms with Crippen molar-refractivity contribution in [1.82, 2.24) is 0 Å². The number of carbonyl (C=O) groups is 1. The van der Waals surface area contributed by atoms with Gasteiger partial charge in [0.25, 0.3) is 0 Å². The lowest BCUT2D eigenvalue weighted by Gasteiger charge is -2.12. The number of halogens is 3. The Labute approximate surface area is 164 Å². The van der Waals surface area contributed by atoms with Crippen LogP contribution in [0.3, 0.4) is 0 Å². The van der Waals surface area contributed by atoms with Gasteiger partial charge in [0.1, 0.15) is 6.61 Å². The number of esters is 1. The van der Waals surface area contributed by atoms with E-state index in [1.54, 1.807) is 24.3 Å². The van der Waals surface area contributed by atoms with Crippen molar-refractivity contribution in [2.75, 3.05) is 6.61 Å². The second-order valence-electron chi connectivity index (χ2n) is 4.84. The molecule has 0 heterocycles. The fourth-order valence-corrected chi connectivity index (χ4v) is 3.08. The molecule has 128 valence electrons. The van der Waals surface area contributed by atoms with Gasteiger partial charge in [0.2, 0.25) is 0 Å². The van der Waals surface area contributed by atoms with Crippen molar-refractivity contribution in [3.8, 4) is 18.1 Å². The van der Waals surface area contributed by atoms with Crippen molar-refractivity contribution < 1.29 is 14.3 Å². The normalized spacial score (nSPS) is 10.5. The molecular formula is C19H13BrCl2O3. The molecule has 0 aliphatic heterocycles. The van der Waals surface area contributed by atoms with Crippen LogP contribution in [0.25, 0.3) is 6.08 Å². The molecule has 2 aromatic rings. The van der Waals surface area contributed by atoms with Gasteiger partial charge in [-0.2, -0.15) is 0 Å². The molecule has 0 aliphatic rings. The highest BCUT2D eigenvalue weighted by Gasteiger charge is 2.10. The smallest absolute Gasteiger partial charge is 0.331 e. The Morgan fingerprint density at radius 1 is 1.24 bits per heavy atom. The summed E-state index contributed by atoms with van der Waals surface area (Å²) >= 11 is 15.8. The summed E-state index contributed by atoms with van der Waals surface area (Å²) in [6, 6.07) is 10.9. The maximum atomic E-state index is 11.4. The molecule has 0 atom stereocenters. The van der Waals surface area contributed by atoms with E-state index in [-0.39, 0.29) is 13.2 Å². The minimum atomic E-state index is -0.524. The summed E-state index contributed by atoms with van der Waals surface area (Å²) in [5, 5.41) is 1.03. The lowest BCUT2D eigenvalue weighted by molar-refractivity contribution is -0.136. The first-order chi connectivity index (χ1) is 12.0. The van der Waals surface area contributed by atoms with Crippen molar-refractivity contribution in [3.63, 3.8) is 0 Å². The zero-order chi connectivity index (χ0) is 18.2. The fraction of sp³-hybridized carbons (Fsp3) is 0.105. The Hall–Kier alpha value is -1.93. The topological polar surface area (TPSA) is 35.5 Å². The van der Waals surface area contributed by atoms with Crippen LogP contribution >= 0.6 is 39.1 Å². The first-order valence-electron chi connectivity index (χ1n) is 7.15. The van der Waals surface area contributed by atoms with Crippen LogP contribution in [0.5, 0.6) is 5.75 Å². The summed E-state index contributed by atoms with van der Waals surface area (Å²) < 4.78 is 11.2. The predicted octanol–water partition coefficient (Wildman–Crippen LogP) is 5.52. The van der Waals surface area contributed by atoms with Crippen LogP contribution in [0.1, 0.15) is 11.1 Å². The van der Waals surface area contributed by atoms with Gasteiger partial charge in [-0.15, -0.1) is 6.42 Å². The SMILES string of the molecule is C#CCOC(=O)/C=C/c1cc(Cl)c(OCc2ccccc2Cl)c(Br)c1. The van der Waals surface area contributed by atoms with E-state index in [9.17, 15) is 4.79 Å². The summed E-state index contributed by atoms with van der Waals surface area (Å²) in [5.41, 5.74) is 1.56. The molecule has 0 bridgehead atoms. The van der Waals surface area contributed by atoms with Gasteiger partial charge >= 0.3 is 5.97 Å². The Morgan fingerprint density at radius 3 is 2.68 bits per heavy atom. The molecule has 0 amide bonds. The molecule has 2 aromatic carbocycles. The summed E-state index contributed by atoms with van der Waals surface area (Å²) in [7, 11) is 0. The van der Waals surface area contributed by atoms with Crippen molar-refractivity contribution >= 4 is 51.2 Å². The number of ether oxygens (including phenoxy) is 2. The van der Waals surface area contributed by atoms with E-state index in [0.717, 1.165) is 5.56 Å². The Kier molecular flexibility index (Phi) is 7.39. The maximum Gasteiger partial charge on any atom is 0.331 e. The first-order valence-corrected chi connectivity index (χ1v) is 8.69. The number of rotatable bonds is 6. The molecular weight excluding hydrogens is 427 g/mol. The molecule has 0 aliphatic carbocycles. The monoisotopic (exact) mass is 438 g/mol. The third-order valence-corrected chi connectivity index (χ3v) is 4.30. The minimum Gasteiger partial charge on any atom is -0.486 e. The van der Waals surface area contributed by atoms with Crippen LogP contribution in [-0.4, -0.2) is 12.6 Å². The molecule has 0 saturated heterocycles. The highest BCUT2D eigenvalue weighted by atomic mass is 79.9. The Balaban J connectivity index is 2.09. The average molecular weight is 440 g/mol. The molecule has 6 heteroatoms. The van der Waals surface area contributed by atoms with Gasteiger partial charge < -0.3 is 9.47 Å². The van der Waals surface area contributed by atoms with Gasteiger partial charge in [0, 0.05) is 16.7 Å². The lowest BCUT2D eigenvalue weighted by Crippen LogP contribution is -2.00. The molecule has 0 spiro atoms.